The van der Waals surface area contributed by atoms with Gasteiger partial charge in [-0.2, -0.15) is 0 Å². The highest BCUT2D eigenvalue weighted by atomic mass is 16.2. The minimum atomic E-state index is -0.358. The molecule has 4 nitrogen and oxygen atoms in total. The third-order valence-electron chi connectivity index (χ3n) is 2.79. The number of fused-ring (bicyclic) bond motifs is 2. The second-order valence-corrected chi connectivity index (χ2v) is 3.61. The number of carbonyl (C=O) groups is 2. The molecule has 2 N–H and O–H groups in total. The van der Waals surface area contributed by atoms with Gasteiger partial charge in [-0.1, -0.05) is 0 Å². The first-order valence-corrected chi connectivity index (χ1v) is 4.27. The van der Waals surface area contributed by atoms with Gasteiger partial charge in [-0.05, 0) is 18.8 Å². The zero-order valence-electron chi connectivity index (χ0n) is 6.82. The molecule has 2 rings (SSSR count). The molecule has 0 aromatic heterocycles. The average molecular weight is 168 g/mol. The van der Waals surface area contributed by atoms with E-state index in [-0.39, 0.29) is 17.9 Å². The SMILES string of the molecule is NC(=O)[C@H]1CC[C@@H]2CC(=O)N1C2. The summed E-state index contributed by atoms with van der Waals surface area (Å²) in [7, 11) is 0. The van der Waals surface area contributed by atoms with E-state index in [1.165, 1.54) is 0 Å². The summed E-state index contributed by atoms with van der Waals surface area (Å²) in [4.78, 5) is 23.8. The number of nitrogens with zero attached hydrogens (tertiary/aromatic N) is 1. The first kappa shape index (κ1) is 7.58. The number of carbonyl (C=O) groups excluding carboxylic acids is 2. The maximum absolute atomic E-state index is 11.3. The highest BCUT2D eigenvalue weighted by molar-refractivity contribution is 5.88. The van der Waals surface area contributed by atoms with Gasteiger partial charge in [-0.3, -0.25) is 9.59 Å². The van der Waals surface area contributed by atoms with Crippen molar-refractivity contribution in [2.45, 2.75) is 25.3 Å². The van der Waals surface area contributed by atoms with Crippen LogP contribution in [0.5, 0.6) is 0 Å². The zero-order chi connectivity index (χ0) is 8.72. The Balaban J connectivity index is 2.18. The first-order valence-electron chi connectivity index (χ1n) is 4.27. The van der Waals surface area contributed by atoms with E-state index in [0.717, 1.165) is 19.4 Å². The Bertz CT molecular complexity index is 239. The number of nitrogens with two attached hydrogens (primary N) is 1. The van der Waals surface area contributed by atoms with Crippen LogP contribution in [0.2, 0.25) is 0 Å². The fraction of sp³-hybridized carbons (Fsp3) is 0.750. The highest BCUT2D eigenvalue weighted by Gasteiger charge is 2.40. The lowest BCUT2D eigenvalue weighted by molar-refractivity contribution is -0.136. The van der Waals surface area contributed by atoms with Gasteiger partial charge in [-0.25, -0.2) is 0 Å². The van der Waals surface area contributed by atoms with Crippen LogP contribution in [0.4, 0.5) is 0 Å². The molecule has 0 radical (unpaired) electrons. The fourth-order valence-electron chi connectivity index (χ4n) is 2.15. The monoisotopic (exact) mass is 168 g/mol. The number of hydrogen-bond acceptors (Lipinski definition) is 2. The Morgan fingerprint density at radius 1 is 1.50 bits per heavy atom. The van der Waals surface area contributed by atoms with Crippen LogP contribution in [0.1, 0.15) is 19.3 Å². The lowest BCUT2D eigenvalue weighted by Crippen LogP contribution is -2.47. The van der Waals surface area contributed by atoms with Crippen molar-refractivity contribution < 1.29 is 9.59 Å². The van der Waals surface area contributed by atoms with Gasteiger partial charge in [0.05, 0.1) is 0 Å². The minimum Gasteiger partial charge on any atom is -0.368 e. The Kier molecular flexibility index (Phi) is 1.56. The molecule has 0 aliphatic carbocycles. The molecule has 2 aliphatic rings. The van der Waals surface area contributed by atoms with E-state index in [1.807, 2.05) is 0 Å². The van der Waals surface area contributed by atoms with Crippen molar-refractivity contribution in [2.24, 2.45) is 11.7 Å². The zero-order valence-corrected chi connectivity index (χ0v) is 6.82. The van der Waals surface area contributed by atoms with Crippen molar-refractivity contribution in [2.75, 3.05) is 6.54 Å². The number of primary amides is 1. The maximum atomic E-state index is 11.3. The third kappa shape index (κ3) is 0.983. The largest absolute Gasteiger partial charge is 0.368 e. The minimum absolute atomic E-state index is 0.0984. The molecule has 0 aromatic rings. The van der Waals surface area contributed by atoms with Crippen LogP contribution < -0.4 is 5.73 Å². The number of amides is 2. The van der Waals surface area contributed by atoms with Crippen molar-refractivity contribution in [3.05, 3.63) is 0 Å². The van der Waals surface area contributed by atoms with Crippen LogP contribution in [-0.4, -0.2) is 29.3 Å². The standard InChI is InChI=1S/C8H12N2O2/c9-8(12)6-2-1-5-3-7(11)10(6)4-5/h5-6H,1-4H2,(H2,9,12)/t5-,6-/m1/s1. The lowest BCUT2D eigenvalue weighted by Gasteiger charge is -2.29. The quantitative estimate of drug-likeness (QED) is 0.572. The van der Waals surface area contributed by atoms with Gasteiger partial charge in [0.2, 0.25) is 11.8 Å². The van der Waals surface area contributed by atoms with Crippen LogP contribution in [0.3, 0.4) is 0 Å². The molecule has 2 saturated heterocycles. The first-order chi connectivity index (χ1) is 5.68. The van der Waals surface area contributed by atoms with Crippen molar-refractivity contribution in [3.8, 4) is 0 Å². The molecule has 2 amide bonds. The molecular formula is C8H12N2O2. The molecule has 12 heavy (non-hydrogen) atoms. The van der Waals surface area contributed by atoms with E-state index in [4.69, 9.17) is 5.73 Å². The average Bonchev–Trinajstić information content (AvgIpc) is 2.28. The van der Waals surface area contributed by atoms with E-state index in [9.17, 15) is 9.59 Å². The molecule has 2 bridgehead atoms. The Hall–Kier alpha value is -1.06. The Morgan fingerprint density at radius 2 is 2.25 bits per heavy atom. The van der Waals surface area contributed by atoms with Crippen LogP contribution in [-0.2, 0) is 9.59 Å². The molecule has 4 heteroatoms. The Labute approximate surface area is 70.7 Å². The fourth-order valence-corrected chi connectivity index (χ4v) is 2.15. The predicted molar refractivity (Wildman–Crippen MR) is 42.0 cm³/mol. The van der Waals surface area contributed by atoms with E-state index < -0.39 is 0 Å². The second-order valence-electron chi connectivity index (χ2n) is 3.61. The molecule has 2 fully saturated rings. The van der Waals surface area contributed by atoms with Gasteiger partial charge in [-0.15, -0.1) is 0 Å². The molecule has 2 aliphatic heterocycles. The molecule has 0 unspecified atom stereocenters. The van der Waals surface area contributed by atoms with Gasteiger partial charge in [0.1, 0.15) is 6.04 Å². The van der Waals surface area contributed by atoms with Gasteiger partial charge in [0, 0.05) is 13.0 Å². The normalized spacial score (nSPS) is 34.0. The van der Waals surface area contributed by atoms with Crippen LogP contribution >= 0.6 is 0 Å². The van der Waals surface area contributed by atoms with Crippen LogP contribution in [0.25, 0.3) is 0 Å². The molecule has 0 saturated carbocycles. The number of hydrogen-bond donors (Lipinski definition) is 1. The van der Waals surface area contributed by atoms with Gasteiger partial charge in [0.15, 0.2) is 0 Å². The van der Waals surface area contributed by atoms with Crippen molar-refractivity contribution >= 4 is 11.8 Å². The lowest BCUT2D eigenvalue weighted by atomic mass is 9.96. The van der Waals surface area contributed by atoms with Gasteiger partial charge in [0.25, 0.3) is 0 Å². The molecular weight excluding hydrogens is 156 g/mol. The second kappa shape index (κ2) is 2.47. The number of rotatable bonds is 1. The molecule has 0 aromatic carbocycles. The van der Waals surface area contributed by atoms with Crippen LogP contribution in [0.15, 0.2) is 0 Å². The van der Waals surface area contributed by atoms with E-state index in [0.29, 0.717) is 12.3 Å². The summed E-state index contributed by atoms with van der Waals surface area (Å²) in [5.74, 6) is 0.220. The van der Waals surface area contributed by atoms with E-state index in [2.05, 4.69) is 0 Å². The summed E-state index contributed by atoms with van der Waals surface area (Å²) >= 11 is 0. The summed E-state index contributed by atoms with van der Waals surface area (Å²) in [6.45, 7) is 0.742. The third-order valence-corrected chi connectivity index (χ3v) is 2.79. The van der Waals surface area contributed by atoms with Crippen LogP contribution in [0, 0.1) is 5.92 Å². The van der Waals surface area contributed by atoms with Crippen molar-refractivity contribution in [3.63, 3.8) is 0 Å². The molecule has 66 valence electrons. The smallest absolute Gasteiger partial charge is 0.240 e. The summed E-state index contributed by atoms with van der Waals surface area (Å²) in [5, 5.41) is 0. The van der Waals surface area contributed by atoms with E-state index >= 15 is 0 Å². The molecule has 2 atom stereocenters. The summed E-state index contributed by atoms with van der Waals surface area (Å²) in [5.41, 5.74) is 5.18. The van der Waals surface area contributed by atoms with Crippen molar-refractivity contribution in [1.29, 1.82) is 0 Å². The summed E-state index contributed by atoms with van der Waals surface area (Å²) < 4.78 is 0. The van der Waals surface area contributed by atoms with E-state index in [1.54, 1.807) is 4.90 Å². The van der Waals surface area contributed by atoms with Gasteiger partial charge >= 0.3 is 0 Å². The van der Waals surface area contributed by atoms with Gasteiger partial charge < -0.3 is 10.6 Å². The summed E-state index contributed by atoms with van der Waals surface area (Å²) in [6, 6.07) is -0.323. The number of piperidine rings is 1. The highest BCUT2D eigenvalue weighted by Crippen LogP contribution is 2.31. The van der Waals surface area contributed by atoms with Crippen molar-refractivity contribution in [1.82, 2.24) is 4.90 Å². The molecule has 0 spiro atoms. The Morgan fingerprint density at radius 3 is 2.92 bits per heavy atom. The predicted octanol–water partition coefficient (Wildman–Crippen LogP) is -0.517. The molecule has 2 heterocycles. The maximum Gasteiger partial charge on any atom is 0.240 e. The summed E-state index contributed by atoms with van der Waals surface area (Å²) in [6.07, 6.45) is 2.34. The topological polar surface area (TPSA) is 63.4 Å².